The van der Waals surface area contributed by atoms with E-state index in [0.29, 0.717) is 23.1 Å². The first kappa shape index (κ1) is 25.8. The summed E-state index contributed by atoms with van der Waals surface area (Å²) in [5.74, 6) is 0.201. The van der Waals surface area contributed by atoms with E-state index in [2.05, 4.69) is 4.90 Å². The molecule has 1 atom stereocenters. The standard InChI is InChI=1S/C27H32N4O5S2/c1-30-26(33)21(38-27(30)34)14-16-13-19(36-18-5-3-17(4-6-18)31-8-10-35-11-9-31)24-23-15(12-22(28)32)2-7-20(23)37-25(24)29-16/h13-15,17-18H,2-12H2,1H3,(H2,28,32)/b21-14-/t15-,17-,18-/m1/s1. The van der Waals surface area contributed by atoms with Crippen molar-refractivity contribution >= 4 is 56.4 Å². The van der Waals surface area contributed by atoms with Gasteiger partial charge in [-0.15, -0.1) is 11.3 Å². The van der Waals surface area contributed by atoms with Crippen molar-refractivity contribution in [2.75, 3.05) is 33.4 Å². The Balaban J connectivity index is 1.31. The summed E-state index contributed by atoms with van der Waals surface area (Å²) < 4.78 is 12.2. The molecule has 2 saturated heterocycles. The number of pyridine rings is 1. The van der Waals surface area contributed by atoms with Gasteiger partial charge in [0.25, 0.3) is 11.1 Å². The Morgan fingerprint density at radius 3 is 2.66 bits per heavy atom. The van der Waals surface area contributed by atoms with Gasteiger partial charge in [0.05, 0.1) is 35.3 Å². The molecule has 2 aliphatic heterocycles. The lowest BCUT2D eigenvalue weighted by atomic mass is 9.91. The number of morpholine rings is 1. The molecule has 2 aromatic heterocycles. The molecule has 3 fully saturated rings. The number of nitrogens with two attached hydrogens (primary N) is 1. The van der Waals surface area contributed by atoms with Crippen LogP contribution in [0.3, 0.4) is 0 Å². The molecular formula is C27H32N4O5S2. The second-order valence-corrected chi connectivity index (χ2v) is 12.6. The number of fused-ring (bicyclic) bond motifs is 3. The van der Waals surface area contributed by atoms with Crippen LogP contribution in [0.15, 0.2) is 11.0 Å². The van der Waals surface area contributed by atoms with Crippen molar-refractivity contribution < 1.29 is 23.9 Å². The predicted octanol–water partition coefficient (Wildman–Crippen LogP) is 3.89. The van der Waals surface area contributed by atoms with Gasteiger partial charge in [-0.3, -0.25) is 24.2 Å². The van der Waals surface area contributed by atoms with Crippen molar-refractivity contribution in [2.45, 2.75) is 63.0 Å². The fourth-order valence-corrected chi connectivity index (χ4v) is 8.27. The minimum Gasteiger partial charge on any atom is -0.490 e. The molecule has 4 heterocycles. The monoisotopic (exact) mass is 556 g/mol. The molecule has 1 saturated carbocycles. The number of rotatable bonds is 6. The maximum atomic E-state index is 12.5. The van der Waals surface area contributed by atoms with Gasteiger partial charge in [-0.25, -0.2) is 4.98 Å². The van der Waals surface area contributed by atoms with Gasteiger partial charge in [-0.1, -0.05) is 0 Å². The molecule has 0 aromatic carbocycles. The van der Waals surface area contributed by atoms with E-state index in [1.54, 1.807) is 17.4 Å². The first-order valence-corrected chi connectivity index (χ1v) is 14.9. The Labute approximate surface area is 229 Å². The summed E-state index contributed by atoms with van der Waals surface area (Å²) in [7, 11) is 1.49. The van der Waals surface area contributed by atoms with Gasteiger partial charge >= 0.3 is 0 Å². The van der Waals surface area contributed by atoms with Crippen molar-refractivity contribution in [3.63, 3.8) is 0 Å². The largest absolute Gasteiger partial charge is 0.490 e. The molecule has 0 unspecified atom stereocenters. The average Bonchev–Trinajstić information content (AvgIpc) is 3.54. The van der Waals surface area contributed by atoms with Crippen LogP contribution in [-0.4, -0.2) is 77.3 Å². The van der Waals surface area contributed by atoms with Crippen LogP contribution in [0.4, 0.5) is 4.79 Å². The maximum absolute atomic E-state index is 12.5. The van der Waals surface area contributed by atoms with Gasteiger partial charge in [-0.2, -0.15) is 0 Å². The maximum Gasteiger partial charge on any atom is 0.293 e. The number of hydrogen-bond donors (Lipinski definition) is 1. The van der Waals surface area contributed by atoms with Crippen molar-refractivity contribution in [3.05, 3.63) is 27.1 Å². The quantitative estimate of drug-likeness (QED) is 0.533. The Morgan fingerprint density at radius 1 is 1.21 bits per heavy atom. The molecule has 0 spiro atoms. The highest BCUT2D eigenvalue weighted by Gasteiger charge is 2.34. The van der Waals surface area contributed by atoms with Crippen LogP contribution in [0.25, 0.3) is 16.3 Å². The number of hydrogen-bond acceptors (Lipinski definition) is 9. The number of likely N-dealkylation sites (N-methyl/N-ethyl adjacent to an activating group) is 1. The SMILES string of the molecule is CN1C(=O)S/C(=C\c2cc(O[C@H]3CC[C@H](N4CCOCC4)CC3)c3c4c(sc3n2)CC[C@@H]4CC(N)=O)C1=O. The molecule has 9 nitrogen and oxygen atoms in total. The van der Waals surface area contributed by atoms with Gasteiger partial charge in [0.1, 0.15) is 10.6 Å². The number of aromatic nitrogens is 1. The number of imide groups is 1. The summed E-state index contributed by atoms with van der Waals surface area (Å²) in [6, 6.07) is 2.47. The third kappa shape index (κ3) is 4.97. The topological polar surface area (TPSA) is 115 Å². The summed E-state index contributed by atoms with van der Waals surface area (Å²) in [6.07, 6.45) is 7.97. The first-order chi connectivity index (χ1) is 18.4. The number of thioether (sulfide) groups is 1. The zero-order valence-corrected chi connectivity index (χ0v) is 23.1. The molecule has 2 aliphatic carbocycles. The number of ether oxygens (including phenoxy) is 2. The summed E-state index contributed by atoms with van der Waals surface area (Å²) in [5, 5.41) is 0.685. The summed E-state index contributed by atoms with van der Waals surface area (Å²) in [5.41, 5.74) is 7.33. The van der Waals surface area contributed by atoms with E-state index < -0.39 is 0 Å². The zero-order valence-electron chi connectivity index (χ0n) is 21.4. The number of thiophene rings is 1. The first-order valence-electron chi connectivity index (χ1n) is 13.3. The Kier molecular flexibility index (Phi) is 7.19. The van der Waals surface area contributed by atoms with Crippen LogP contribution < -0.4 is 10.5 Å². The van der Waals surface area contributed by atoms with Crippen LogP contribution in [0.5, 0.6) is 5.75 Å². The third-order valence-corrected chi connectivity index (χ3v) is 10.2. The summed E-state index contributed by atoms with van der Waals surface area (Å²) in [6.45, 7) is 3.61. The zero-order chi connectivity index (χ0) is 26.4. The normalized spacial score (nSPS) is 27.4. The fraction of sp³-hybridized carbons (Fsp3) is 0.556. The molecule has 0 bridgehead atoms. The van der Waals surface area contributed by atoms with Crippen LogP contribution in [-0.2, 0) is 20.7 Å². The van der Waals surface area contributed by atoms with E-state index in [-0.39, 0.29) is 29.1 Å². The second-order valence-electron chi connectivity index (χ2n) is 10.5. The van der Waals surface area contributed by atoms with Gasteiger partial charge in [0.15, 0.2) is 0 Å². The lowest BCUT2D eigenvalue weighted by Gasteiger charge is -2.38. The molecule has 38 heavy (non-hydrogen) atoms. The highest BCUT2D eigenvalue weighted by atomic mass is 32.2. The number of nitrogens with zero attached hydrogens (tertiary/aromatic N) is 3. The van der Waals surface area contributed by atoms with Gasteiger partial charge in [0.2, 0.25) is 5.91 Å². The van der Waals surface area contributed by atoms with Crippen molar-refractivity contribution in [1.82, 2.24) is 14.8 Å². The molecule has 3 amide bonds. The van der Waals surface area contributed by atoms with Crippen molar-refractivity contribution in [1.29, 1.82) is 0 Å². The highest BCUT2D eigenvalue weighted by molar-refractivity contribution is 8.18. The Bertz CT molecular complexity index is 1310. The minimum atomic E-state index is -0.319. The molecule has 0 radical (unpaired) electrons. The van der Waals surface area contributed by atoms with E-state index in [0.717, 1.165) is 103 Å². The molecule has 6 rings (SSSR count). The molecule has 2 aromatic rings. The second kappa shape index (κ2) is 10.6. The lowest BCUT2D eigenvalue weighted by Crippen LogP contribution is -2.46. The number of amides is 3. The predicted molar refractivity (Wildman–Crippen MR) is 147 cm³/mol. The Hall–Kier alpha value is -2.47. The highest BCUT2D eigenvalue weighted by Crippen LogP contribution is 2.48. The van der Waals surface area contributed by atoms with E-state index >= 15 is 0 Å². The number of carbonyl (C=O) groups is 3. The van der Waals surface area contributed by atoms with Crippen LogP contribution in [0, 0.1) is 0 Å². The molecular weight excluding hydrogens is 524 g/mol. The van der Waals surface area contributed by atoms with E-state index in [1.165, 1.54) is 11.9 Å². The molecule has 11 heteroatoms. The smallest absolute Gasteiger partial charge is 0.293 e. The fourth-order valence-electron chi connectivity index (χ4n) is 6.16. The number of aryl methyl sites for hydroxylation is 1. The average molecular weight is 557 g/mol. The van der Waals surface area contributed by atoms with Crippen LogP contribution >= 0.6 is 23.1 Å². The van der Waals surface area contributed by atoms with Gasteiger partial charge < -0.3 is 15.2 Å². The van der Waals surface area contributed by atoms with Crippen molar-refractivity contribution in [2.24, 2.45) is 5.73 Å². The van der Waals surface area contributed by atoms with Crippen molar-refractivity contribution in [3.8, 4) is 5.75 Å². The van der Waals surface area contributed by atoms with Gasteiger partial charge in [0, 0.05) is 43.5 Å². The number of carbonyl (C=O) groups excluding carboxylic acids is 3. The van der Waals surface area contributed by atoms with E-state index in [9.17, 15) is 14.4 Å². The van der Waals surface area contributed by atoms with Crippen LogP contribution in [0.1, 0.15) is 60.6 Å². The molecule has 202 valence electrons. The summed E-state index contributed by atoms with van der Waals surface area (Å²) in [4.78, 5) is 47.3. The lowest BCUT2D eigenvalue weighted by molar-refractivity contribution is -0.122. The third-order valence-electron chi connectivity index (χ3n) is 8.10. The molecule has 2 N–H and O–H groups in total. The van der Waals surface area contributed by atoms with Crippen LogP contribution in [0.2, 0.25) is 0 Å². The Morgan fingerprint density at radius 2 is 1.97 bits per heavy atom. The van der Waals surface area contributed by atoms with E-state index in [1.807, 2.05) is 6.07 Å². The molecule has 4 aliphatic rings. The summed E-state index contributed by atoms with van der Waals surface area (Å²) >= 11 is 2.55. The van der Waals surface area contributed by atoms with E-state index in [4.69, 9.17) is 20.2 Å². The number of primary amides is 1. The minimum absolute atomic E-state index is 0.0693. The van der Waals surface area contributed by atoms with Gasteiger partial charge in [-0.05, 0) is 67.8 Å².